The summed E-state index contributed by atoms with van der Waals surface area (Å²) < 4.78 is 0. The van der Waals surface area contributed by atoms with Gasteiger partial charge in [-0.3, -0.25) is 9.59 Å². The third kappa shape index (κ3) is 21.6. The first-order valence-electron chi connectivity index (χ1n) is 13.2. The molecule has 0 unspecified atom stereocenters. The van der Waals surface area contributed by atoms with Crippen LogP contribution < -0.4 is 10.6 Å². The highest BCUT2D eigenvalue weighted by molar-refractivity contribution is 5.76. The minimum atomic E-state index is 0.194. The minimum Gasteiger partial charge on any atom is -0.356 e. The van der Waals surface area contributed by atoms with E-state index in [1.54, 1.807) is 0 Å². The van der Waals surface area contributed by atoms with Gasteiger partial charge in [0, 0.05) is 25.4 Å². The standard InChI is InChI=1S/C26H52N2O2/c1-4-6-8-10-12-14-16-21-25(29)27-23-19-18-20-24(3)28-26(30)22-17-15-13-11-9-7-5-2/h24H,4-23H2,1-3H3,(H,27,29)(H,28,30)/t24-/m1/s1. The van der Waals surface area contributed by atoms with E-state index in [1.165, 1.54) is 77.0 Å². The van der Waals surface area contributed by atoms with Crippen LogP contribution in [0.5, 0.6) is 0 Å². The molecule has 2 amide bonds. The van der Waals surface area contributed by atoms with Gasteiger partial charge in [-0.25, -0.2) is 0 Å². The molecule has 178 valence electrons. The zero-order chi connectivity index (χ0) is 22.3. The SMILES string of the molecule is CCCCCCCCCC(=O)NCCCC[C@@H](C)NC(=O)CCCCCCCCC. The fourth-order valence-corrected chi connectivity index (χ4v) is 3.80. The molecular formula is C26H52N2O2. The number of carbonyl (C=O) groups excluding carboxylic acids is 2. The van der Waals surface area contributed by atoms with E-state index in [-0.39, 0.29) is 17.9 Å². The third-order valence-corrected chi connectivity index (χ3v) is 5.81. The van der Waals surface area contributed by atoms with Gasteiger partial charge in [0.25, 0.3) is 0 Å². The molecule has 0 aromatic carbocycles. The lowest BCUT2D eigenvalue weighted by atomic mass is 10.1. The Kier molecular flexibility index (Phi) is 21.8. The molecule has 0 fully saturated rings. The minimum absolute atomic E-state index is 0.194. The van der Waals surface area contributed by atoms with Crippen LogP contribution in [-0.2, 0) is 9.59 Å². The summed E-state index contributed by atoms with van der Waals surface area (Å²) in [5.74, 6) is 0.388. The van der Waals surface area contributed by atoms with Gasteiger partial charge in [0.05, 0.1) is 0 Å². The second-order valence-electron chi connectivity index (χ2n) is 9.06. The number of amides is 2. The van der Waals surface area contributed by atoms with Crippen LogP contribution in [0.2, 0.25) is 0 Å². The predicted octanol–water partition coefficient (Wildman–Crippen LogP) is 7.06. The molecule has 4 nitrogen and oxygen atoms in total. The average Bonchev–Trinajstić information content (AvgIpc) is 2.72. The van der Waals surface area contributed by atoms with Gasteiger partial charge < -0.3 is 10.6 Å². The summed E-state index contributed by atoms with van der Waals surface area (Å²) in [6.45, 7) is 7.31. The summed E-state index contributed by atoms with van der Waals surface area (Å²) >= 11 is 0. The van der Waals surface area contributed by atoms with E-state index in [4.69, 9.17) is 0 Å². The molecule has 0 aliphatic rings. The lowest BCUT2D eigenvalue weighted by Crippen LogP contribution is -2.32. The Bertz CT molecular complexity index is 398. The van der Waals surface area contributed by atoms with Crippen molar-refractivity contribution in [1.29, 1.82) is 0 Å². The highest BCUT2D eigenvalue weighted by Crippen LogP contribution is 2.09. The molecule has 0 aromatic rings. The molecule has 0 aliphatic carbocycles. The number of rotatable bonds is 22. The molecule has 0 saturated carbocycles. The van der Waals surface area contributed by atoms with Gasteiger partial charge >= 0.3 is 0 Å². The number of unbranched alkanes of at least 4 members (excludes halogenated alkanes) is 13. The lowest BCUT2D eigenvalue weighted by molar-refractivity contribution is -0.122. The molecule has 0 heterocycles. The Balaban J connectivity index is 3.43. The zero-order valence-electron chi connectivity index (χ0n) is 20.5. The number of hydrogen-bond acceptors (Lipinski definition) is 2. The number of hydrogen-bond donors (Lipinski definition) is 2. The van der Waals surface area contributed by atoms with Crippen molar-refractivity contribution in [3.63, 3.8) is 0 Å². The van der Waals surface area contributed by atoms with Crippen LogP contribution in [0.1, 0.15) is 143 Å². The van der Waals surface area contributed by atoms with Gasteiger partial charge in [0.2, 0.25) is 11.8 Å². The highest BCUT2D eigenvalue weighted by atomic mass is 16.2. The first-order chi connectivity index (χ1) is 14.6. The van der Waals surface area contributed by atoms with Crippen LogP contribution in [0, 0.1) is 0 Å². The fourth-order valence-electron chi connectivity index (χ4n) is 3.80. The van der Waals surface area contributed by atoms with Crippen LogP contribution >= 0.6 is 0 Å². The van der Waals surface area contributed by atoms with Crippen molar-refractivity contribution >= 4 is 11.8 Å². The van der Waals surface area contributed by atoms with Crippen LogP contribution in [-0.4, -0.2) is 24.4 Å². The van der Waals surface area contributed by atoms with E-state index in [0.29, 0.717) is 12.8 Å². The van der Waals surface area contributed by atoms with Crippen molar-refractivity contribution in [2.24, 2.45) is 0 Å². The van der Waals surface area contributed by atoms with E-state index in [0.717, 1.165) is 38.6 Å². The molecule has 0 rings (SSSR count). The van der Waals surface area contributed by atoms with Crippen molar-refractivity contribution in [3.8, 4) is 0 Å². The Labute approximate surface area is 187 Å². The smallest absolute Gasteiger partial charge is 0.220 e. The Morgan fingerprint density at radius 3 is 1.60 bits per heavy atom. The van der Waals surface area contributed by atoms with E-state index in [9.17, 15) is 9.59 Å². The van der Waals surface area contributed by atoms with E-state index >= 15 is 0 Å². The molecule has 0 spiro atoms. The van der Waals surface area contributed by atoms with Crippen molar-refractivity contribution in [2.45, 2.75) is 149 Å². The Hall–Kier alpha value is -1.06. The van der Waals surface area contributed by atoms with Gasteiger partial charge in [0.15, 0.2) is 0 Å². The van der Waals surface area contributed by atoms with Crippen molar-refractivity contribution in [2.75, 3.05) is 6.54 Å². The van der Waals surface area contributed by atoms with Crippen LogP contribution in [0.3, 0.4) is 0 Å². The van der Waals surface area contributed by atoms with Gasteiger partial charge in [-0.05, 0) is 39.0 Å². The van der Waals surface area contributed by atoms with Crippen LogP contribution in [0.15, 0.2) is 0 Å². The van der Waals surface area contributed by atoms with Gasteiger partial charge in [0.1, 0.15) is 0 Å². The second-order valence-corrected chi connectivity index (χ2v) is 9.06. The average molecular weight is 425 g/mol. The molecule has 0 aromatic heterocycles. The molecule has 30 heavy (non-hydrogen) atoms. The monoisotopic (exact) mass is 424 g/mol. The van der Waals surface area contributed by atoms with Crippen molar-refractivity contribution in [1.82, 2.24) is 10.6 Å². The summed E-state index contributed by atoms with van der Waals surface area (Å²) in [6.07, 6.45) is 21.7. The van der Waals surface area contributed by atoms with Crippen molar-refractivity contribution < 1.29 is 9.59 Å². The van der Waals surface area contributed by atoms with Crippen LogP contribution in [0.25, 0.3) is 0 Å². The predicted molar refractivity (Wildman–Crippen MR) is 130 cm³/mol. The highest BCUT2D eigenvalue weighted by Gasteiger charge is 2.07. The Morgan fingerprint density at radius 2 is 1.07 bits per heavy atom. The van der Waals surface area contributed by atoms with Gasteiger partial charge in [-0.15, -0.1) is 0 Å². The van der Waals surface area contributed by atoms with Gasteiger partial charge in [-0.2, -0.15) is 0 Å². The summed E-state index contributed by atoms with van der Waals surface area (Å²) in [5, 5.41) is 6.15. The third-order valence-electron chi connectivity index (χ3n) is 5.81. The topological polar surface area (TPSA) is 58.2 Å². The summed E-state index contributed by atoms with van der Waals surface area (Å²) in [5.41, 5.74) is 0. The maximum absolute atomic E-state index is 12.0. The number of carbonyl (C=O) groups is 2. The van der Waals surface area contributed by atoms with Crippen LogP contribution in [0.4, 0.5) is 0 Å². The van der Waals surface area contributed by atoms with Gasteiger partial charge in [-0.1, -0.05) is 90.9 Å². The van der Waals surface area contributed by atoms with E-state index < -0.39 is 0 Å². The zero-order valence-corrected chi connectivity index (χ0v) is 20.5. The normalized spacial score (nSPS) is 12.0. The summed E-state index contributed by atoms with van der Waals surface area (Å²) in [4.78, 5) is 23.8. The molecule has 0 aliphatic heterocycles. The largest absolute Gasteiger partial charge is 0.356 e. The van der Waals surface area contributed by atoms with E-state index in [1.807, 2.05) is 0 Å². The lowest BCUT2D eigenvalue weighted by Gasteiger charge is -2.14. The fraction of sp³-hybridized carbons (Fsp3) is 0.923. The van der Waals surface area contributed by atoms with Crippen molar-refractivity contribution in [3.05, 3.63) is 0 Å². The van der Waals surface area contributed by atoms with E-state index in [2.05, 4.69) is 31.4 Å². The summed E-state index contributed by atoms with van der Waals surface area (Å²) in [7, 11) is 0. The molecule has 0 radical (unpaired) electrons. The summed E-state index contributed by atoms with van der Waals surface area (Å²) in [6, 6.07) is 0.227. The molecular weight excluding hydrogens is 372 g/mol. The quantitative estimate of drug-likeness (QED) is 0.183. The maximum Gasteiger partial charge on any atom is 0.220 e. The molecule has 0 bridgehead atoms. The molecule has 1 atom stereocenters. The molecule has 0 saturated heterocycles. The number of nitrogens with one attached hydrogen (secondary N) is 2. The Morgan fingerprint density at radius 1 is 0.600 bits per heavy atom. The molecule has 4 heteroatoms. The first-order valence-corrected chi connectivity index (χ1v) is 13.2. The molecule has 2 N–H and O–H groups in total. The maximum atomic E-state index is 12.0. The first kappa shape index (κ1) is 28.9. The second kappa shape index (κ2) is 22.6.